The van der Waals surface area contributed by atoms with Crippen molar-refractivity contribution in [2.75, 3.05) is 12.8 Å². The van der Waals surface area contributed by atoms with E-state index in [0.717, 1.165) is 0 Å². The lowest BCUT2D eigenvalue weighted by Crippen LogP contribution is -2.04. The highest BCUT2D eigenvalue weighted by Crippen LogP contribution is 2.36. The van der Waals surface area contributed by atoms with E-state index >= 15 is 0 Å². The van der Waals surface area contributed by atoms with Crippen molar-refractivity contribution in [3.8, 4) is 11.1 Å². The molecule has 0 aliphatic heterocycles. The number of thiophene rings is 1. The number of carbonyl (C=O) groups excluding carboxylic acids is 1. The fourth-order valence-corrected chi connectivity index (χ4v) is 2.68. The van der Waals surface area contributed by atoms with E-state index in [4.69, 9.17) is 10.5 Å². The van der Waals surface area contributed by atoms with Crippen molar-refractivity contribution in [3.05, 3.63) is 44.8 Å². The minimum atomic E-state index is -0.554. The van der Waals surface area contributed by atoms with Crippen molar-refractivity contribution in [2.45, 2.75) is 6.92 Å². The quantitative estimate of drug-likeness (QED) is 0.533. The van der Waals surface area contributed by atoms with Gasteiger partial charge in [0.1, 0.15) is 10.6 Å². The molecule has 1 aromatic heterocycles. The standard InChI is InChI=1S/C13H12N2O4S/c1-7-3-4-8(5-10(7)15(17)18)9-6-20-12(14)11(9)13(16)19-2/h3-6H,14H2,1-2H3. The summed E-state index contributed by atoms with van der Waals surface area (Å²) in [5, 5.41) is 13.0. The summed E-state index contributed by atoms with van der Waals surface area (Å²) >= 11 is 1.20. The van der Waals surface area contributed by atoms with Gasteiger partial charge in [0.05, 0.1) is 12.0 Å². The van der Waals surface area contributed by atoms with Crippen LogP contribution in [0.25, 0.3) is 11.1 Å². The van der Waals surface area contributed by atoms with E-state index in [0.29, 0.717) is 21.7 Å². The van der Waals surface area contributed by atoms with Crippen molar-refractivity contribution < 1.29 is 14.5 Å². The number of benzene rings is 1. The first-order chi connectivity index (χ1) is 9.45. The highest BCUT2D eigenvalue weighted by molar-refractivity contribution is 7.14. The SMILES string of the molecule is COC(=O)c1c(-c2ccc(C)c([N+](=O)[O-])c2)csc1N. The second-order valence-electron chi connectivity index (χ2n) is 4.14. The molecule has 0 aliphatic rings. The highest BCUT2D eigenvalue weighted by Gasteiger charge is 2.21. The zero-order valence-corrected chi connectivity index (χ0v) is 11.7. The molecule has 0 unspecified atom stereocenters. The Morgan fingerprint density at radius 1 is 1.45 bits per heavy atom. The Kier molecular flexibility index (Phi) is 3.71. The van der Waals surface area contributed by atoms with E-state index in [2.05, 4.69) is 0 Å². The third-order valence-corrected chi connectivity index (χ3v) is 3.74. The Bertz CT molecular complexity index is 694. The monoisotopic (exact) mass is 292 g/mol. The predicted molar refractivity (Wildman–Crippen MR) is 76.9 cm³/mol. The summed E-state index contributed by atoms with van der Waals surface area (Å²) in [6.07, 6.45) is 0. The van der Waals surface area contributed by atoms with Gasteiger partial charge in [-0.15, -0.1) is 11.3 Å². The molecule has 2 rings (SSSR count). The molecule has 104 valence electrons. The Morgan fingerprint density at radius 3 is 2.75 bits per heavy atom. The zero-order chi connectivity index (χ0) is 14.9. The lowest BCUT2D eigenvalue weighted by atomic mass is 10.0. The average molecular weight is 292 g/mol. The molecule has 0 aliphatic carbocycles. The average Bonchev–Trinajstić information content (AvgIpc) is 2.80. The molecule has 6 nitrogen and oxygen atoms in total. The number of nitrogen functional groups attached to an aromatic ring is 1. The number of nitro benzene ring substituents is 1. The molecule has 20 heavy (non-hydrogen) atoms. The third kappa shape index (κ3) is 2.35. The smallest absolute Gasteiger partial charge is 0.341 e. The minimum absolute atomic E-state index is 0.00286. The molecule has 0 saturated heterocycles. The van der Waals surface area contributed by atoms with Gasteiger partial charge in [-0.2, -0.15) is 0 Å². The number of methoxy groups -OCH3 is 1. The zero-order valence-electron chi connectivity index (χ0n) is 10.9. The molecule has 0 amide bonds. The van der Waals surface area contributed by atoms with Crippen molar-refractivity contribution in [1.29, 1.82) is 0 Å². The largest absolute Gasteiger partial charge is 0.465 e. The van der Waals surface area contributed by atoms with E-state index < -0.39 is 10.9 Å². The molecule has 0 spiro atoms. The van der Waals surface area contributed by atoms with Crippen LogP contribution in [0.2, 0.25) is 0 Å². The fraction of sp³-hybridized carbons (Fsp3) is 0.154. The summed E-state index contributed by atoms with van der Waals surface area (Å²) in [5.74, 6) is -0.554. The topological polar surface area (TPSA) is 95.5 Å². The first kappa shape index (κ1) is 14.0. The predicted octanol–water partition coefficient (Wildman–Crippen LogP) is 3.00. The molecule has 1 heterocycles. The molecule has 0 atom stereocenters. The highest BCUT2D eigenvalue weighted by atomic mass is 32.1. The van der Waals surface area contributed by atoms with Gasteiger partial charge < -0.3 is 10.5 Å². The summed E-state index contributed by atoms with van der Waals surface area (Å²) in [6, 6.07) is 4.79. The van der Waals surface area contributed by atoms with Crippen LogP contribution in [0.3, 0.4) is 0 Å². The van der Waals surface area contributed by atoms with Crippen LogP contribution in [0.1, 0.15) is 15.9 Å². The molecule has 2 N–H and O–H groups in total. The lowest BCUT2D eigenvalue weighted by molar-refractivity contribution is -0.385. The summed E-state index contributed by atoms with van der Waals surface area (Å²) in [5.41, 5.74) is 7.68. The first-order valence-corrected chi connectivity index (χ1v) is 6.54. The van der Waals surface area contributed by atoms with Crippen LogP contribution < -0.4 is 5.73 Å². The summed E-state index contributed by atoms with van der Waals surface area (Å²) in [4.78, 5) is 22.3. The number of aryl methyl sites for hydroxylation is 1. The van der Waals surface area contributed by atoms with Crippen molar-refractivity contribution >= 4 is 28.0 Å². The van der Waals surface area contributed by atoms with Gasteiger partial charge in [-0.3, -0.25) is 10.1 Å². The number of anilines is 1. The normalized spacial score (nSPS) is 10.3. The number of carbonyl (C=O) groups is 1. The second-order valence-corrected chi connectivity index (χ2v) is 5.05. The second kappa shape index (κ2) is 5.30. The first-order valence-electron chi connectivity index (χ1n) is 5.66. The number of nitrogens with zero attached hydrogens (tertiary/aromatic N) is 1. The molecule has 0 bridgehead atoms. The number of nitrogens with two attached hydrogens (primary N) is 1. The number of rotatable bonds is 3. The number of hydrogen-bond donors (Lipinski definition) is 1. The van der Waals surface area contributed by atoms with Crippen LogP contribution >= 0.6 is 11.3 Å². The van der Waals surface area contributed by atoms with Crippen LogP contribution in [0, 0.1) is 17.0 Å². The van der Waals surface area contributed by atoms with E-state index in [1.54, 1.807) is 24.4 Å². The van der Waals surface area contributed by atoms with Gasteiger partial charge in [-0.05, 0) is 12.5 Å². The number of ether oxygens (including phenoxy) is 1. The van der Waals surface area contributed by atoms with Gasteiger partial charge in [0, 0.05) is 22.6 Å². The molecule has 7 heteroatoms. The van der Waals surface area contributed by atoms with Gasteiger partial charge in [0.2, 0.25) is 0 Å². The van der Waals surface area contributed by atoms with Gasteiger partial charge in [-0.25, -0.2) is 4.79 Å². The molecular weight excluding hydrogens is 280 g/mol. The van der Waals surface area contributed by atoms with Crippen molar-refractivity contribution in [3.63, 3.8) is 0 Å². The molecule has 2 aromatic rings. The molecule has 1 aromatic carbocycles. The molecule has 0 saturated carbocycles. The molecular formula is C13H12N2O4S. The lowest BCUT2D eigenvalue weighted by Gasteiger charge is -2.05. The van der Waals surface area contributed by atoms with Gasteiger partial charge in [0.25, 0.3) is 5.69 Å². The van der Waals surface area contributed by atoms with E-state index in [1.807, 2.05) is 0 Å². The maximum atomic E-state index is 11.7. The third-order valence-electron chi connectivity index (χ3n) is 2.93. The van der Waals surface area contributed by atoms with E-state index in [9.17, 15) is 14.9 Å². The summed E-state index contributed by atoms with van der Waals surface area (Å²) in [7, 11) is 1.26. The number of nitro groups is 1. The van der Waals surface area contributed by atoms with E-state index in [-0.39, 0.29) is 11.3 Å². The number of esters is 1. The van der Waals surface area contributed by atoms with Crippen LogP contribution in [-0.2, 0) is 4.74 Å². The van der Waals surface area contributed by atoms with Gasteiger partial charge in [0.15, 0.2) is 0 Å². The minimum Gasteiger partial charge on any atom is -0.465 e. The molecule has 0 radical (unpaired) electrons. The Hall–Kier alpha value is -2.41. The van der Waals surface area contributed by atoms with Gasteiger partial charge >= 0.3 is 5.97 Å². The van der Waals surface area contributed by atoms with Gasteiger partial charge in [-0.1, -0.05) is 12.1 Å². The van der Waals surface area contributed by atoms with Crippen LogP contribution in [0.15, 0.2) is 23.6 Å². The maximum Gasteiger partial charge on any atom is 0.341 e. The summed E-state index contributed by atoms with van der Waals surface area (Å²) < 4.78 is 4.69. The van der Waals surface area contributed by atoms with Crippen molar-refractivity contribution in [1.82, 2.24) is 0 Å². The van der Waals surface area contributed by atoms with Crippen molar-refractivity contribution in [2.24, 2.45) is 0 Å². The van der Waals surface area contributed by atoms with E-state index in [1.165, 1.54) is 24.5 Å². The Balaban J connectivity index is 2.61. The fourth-order valence-electron chi connectivity index (χ4n) is 1.87. The molecule has 0 fully saturated rings. The van der Waals surface area contributed by atoms with Crippen LogP contribution in [0.5, 0.6) is 0 Å². The summed E-state index contributed by atoms with van der Waals surface area (Å²) in [6.45, 7) is 1.66. The van der Waals surface area contributed by atoms with Crippen LogP contribution in [-0.4, -0.2) is 18.0 Å². The number of hydrogen-bond acceptors (Lipinski definition) is 6. The Labute approximate surface area is 118 Å². The maximum absolute atomic E-state index is 11.7. The Morgan fingerprint density at radius 2 is 2.15 bits per heavy atom. The van der Waals surface area contributed by atoms with Crippen LogP contribution in [0.4, 0.5) is 10.7 Å².